The van der Waals surface area contributed by atoms with Gasteiger partial charge in [-0.2, -0.15) is 5.26 Å². The zero-order chi connectivity index (χ0) is 20.0. The number of hydrogen-bond donors (Lipinski definition) is 0. The summed E-state index contributed by atoms with van der Waals surface area (Å²) in [4.78, 5) is 23.3. The molecule has 0 fully saturated rings. The van der Waals surface area contributed by atoms with E-state index in [0.717, 1.165) is 6.08 Å². The summed E-state index contributed by atoms with van der Waals surface area (Å²) in [7, 11) is 4.23. The Hall–Kier alpha value is -3.86. The third kappa shape index (κ3) is 4.22. The van der Waals surface area contributed by atoms with Crippen LogP contribution in [-0.4, -0.2) is 32.0 Å². The Balaban J connectivity index is 2.54. The van der Waals surface area contributed by atoms with E-state index in [1.54, 1.807) is 18.2 Å². The Morgan fingerprint density at radius 3 is 2.15 bits per heavy atom. The number of nitrogens with zero attached hydrogens (tertiary/aromatic N) is 2. The molecule has 0 saturated carbocycles. The first-order valence-corrected chi connectivity index (χ1v) is 7.66. The molecule has 0 atom stereocenters. The highest BCUT2D eigenvalue weighted by atomic mass is 16.6. The molecular weight excluding hydrogens is 352 g/mol. The molecule has 0 aliphatic heterocycles. The molecule has 0 spiro atoms. The van der Waals surface area contributed by atoms with Crippen molar-refractivity contribution in [2.75, 3.05) is 21.3 Å². The fourth-order valence-corrected chi connectivity index (χ4v) is 2.36. The van der Waals surface area contributed by atoms with Crippen molar-refractivity contribution < 1.29 is 23.9 Å². The smallest absolute Gasteiger partial charge is 0.280 e. The van der Waals surface area contributed by atoms with Crippen molar-refractivity contribution >= 4 is 17.5 Å². The van der Waals surface area contributed by atoms with Gasteiger partial charge in [0.15, 0.2) is 11.5 Å². The third-order valence-corrected chi connectivity index (χ3v) is 3.75. The van der Waals surface area contributed by atoms with Crippen molar-refractivity contribution in [1.82, 2.24) is 0 Å². The van der Waals surface area contributed by atoms with Crippen LogP contribution in [0.4, 0.5) is 5.69 Å². The first kappa shape index (κ1) is 19.5. The van der Waals surface area contributed by atoms with E-state index in [4.69, 9.17) is 14.2 Å². The van der Waals surface area contributed by atoms with E-state index >= 15 is 0 Å². The van der Waals surface area contributed by atoms with Crippen molar-refractivity contribution in [3.05, 3.63) is 63.2 Å². The van der Waals surface area contributed by atoms with Gasteiger partial charge in [0, 0.05) is 5.56 Å². The van der Waals surface area contributed by atoms with Gasteiger partial charge in [0.2, 0.25) is 5.78 Å². The number of carbonyl (C=O) groups excluding carboxylic acids is 1. The maximum absolute atomic E-state index is 12.6. The van der Waals surface area contributed by atoms with Crippen molar-refractivity contribution in [3.8, 4) is 23.3 Å². The minimum absolute atomic E-state index is 0.0519. The van der Waals surface area contributed by atoms with Crippen LogP contribution in [0.5, 0.6) is 17.2 Å². The molecular formula is C19H16N2O6. The Morgan fingerprint density at radius 2 is 1.67 bits per heavy atom. The summed E-state index contributed by atoms with van der Waals surface area (Å²) in [5.74, 6) is 0.402. The highest BCUT2D eigenvalue weighted by Crippen LogP contribution is 2.35. The minimum Gasteiger partial charge on any atom is -0.497 e. The van der Waals surface area contributed by atoms with E-state index in [-0.39, 0.29) is 33.9 Å². The van der Waals surface area contributed by atoms with E-state index in [1.807, 2.05) is 0 Å². The normalized spacial score (nSPS) is 10.7. The average Bonchev–Trinajstić information content (AvgIpc) is 2.70. The Bertz CT molecular complexity index is 942. The van der Waals surface area contributed by atoms with Gasteiger partial charge in [0.25, 0.3) is 5.69 Å². The van der Waals surface area contributed by atoms with Gasteiger partial charge in [-0.05, 0) is 36.4 Å². The fourth-order valence-electron chi connectivity index (χ4n) is 2.36. The highest BCUT2D eigenvalue weighted by Gasteiger charge is 2.20. The van der Waals surface area contributed by atoms with Gasteiger partial charge in [-0.25, -0.2) is 0 Å². The summed E-state index contributed by atoms with van der Waals surface area (Å²) in [6.07, 6.45) is 1.16. The van der Waals surface area contributed by atoms with Crippen LogP contribution in [0.3, 0.4) is 0 Å². The van der Waals surface area contributed by atoms with Gasteiger partial charge in [-0.1, -0.05) is 0 Å². The van der Waals surface area contributed by atoms with Crippen molar-refractivity contribution in [1.29, 1.82) is 5.26 Å². The van der Waals surface area contributed by atoms with Gasteiger partial charge in [0.1, 0.15) is 17.4 Å². The molecule has 8 heteroatoms. The van der Waals surface area contributed by atoms with Crippen LogP contribution in [0.15, 0.2) is 42.0 Å². The average molecular weight is 368 g/mol. The number of carbonyl (C=O) groups is 1. The molecule has 0 N–H and O–H groups in total. The van der Waals surface area contributed by atoms with Gasteiger partial charge in [-0.3, -0.25) is 14.9 Å². The zero-order valence-corrected chi connectivity index (χ0v) is 14.9. The van der Waals surface area contributed by atoms with Crippen LogP contribution in [0.2, 0.25) is 0 Å². The Morgan fingerprint density at radius 1 is 1.07 bits per heavy atom. The second-order valence-corrected chi connectivity index (χ2v) is 5.25. The van der Waals surface area contributed by atoms with Gasteiger partial charge < -0.3 is 14.2 Å². The number of methoxy groups -OCH3 is 3. The number of hydrogen-bond acceptors (Lipinski definition) is 7. The predicted molar refractivity (Wildman–Crippen MR) is 97.1 cm³/mol. The highest BCUT2D eigenvalue weighted by molar-refractivity contribution is 6.14. The van der Waals surface area contributed by atoms with Crippen LogP contribution in [0.1, 0.15) is 15.9 Å². The molecule has 138 valence electrons. The number of ketones is 1. The van der Waals surface area contributed by atoms with E-state index in [0.29, 0.717) is 5.75 Å². The summed E-state index contributed by atoms with van der Waals surface area (Å²) in [5, 5.41) is 20.8. The first-order chi connectivity index (χ1) is 12.9. The standard InChI is InChI=1S/C19H16N2O6/c1-25-15-6-4-12(5-7-15)19(22)14(11-20)8-13-9-17(26-2)18(27-3)10-16(13)21(23)24/h4-10H,1-3H3/b14-8-. The topological polar surface area (TPSA) is 112 Å². The molecule has 2 aromatic rings. The lowest BCUT2D eigenvalue weighted by Gasteiger charge is -2.09. The first-order valence-electron chi connectivity index (χ1n) is 7.66. The Labute approximate surface area is 155 Å². The largest absolute Gasteiger partial charge is 0.497 e. The number of nitro benzene ring substituents is 1. The summed E-state index contributed by atoms with van der Waals surface area (Å²) in [6.45, 7) is 0. The number of allylic oxidation sites excluding steroid dienone is 1. The SMILES string of the molecule is COc1ccc(C(=O)/C(C#N)=C\c2cc(OC)c(OC)cc2[N+](=O)[O-])cc1. The third-order valence-electron chi connectivity index (χ3n) is 3.75. The number of ether oxygens (including phenoxy) is 3. The van der Waals surface area contributed by atoms with E-state index < -0.39 is 10.7 Å². The lowest BCUT2D eigenvalue weighted by atomic mass is 10.0. The molecule has 2 aromatic carbocycles. The Kier molecular flexibility index (Phi) is 6.12. The summed E-state index contributed by atoms with van der Waals surface area (Å²) in [6, 6.07) is 10.5. The maximum Gasteiger partial charge on any atom is 0.280 e. The minimum atomic E-state index is -0.624. The summed E-state index contributed by atoms with van der Waals surface area (Å²) >= 11 is 0. The molecule has 0 heterocycles. The number of Topliss-reactive ketones (excluding diaryl/α,β-unsaturated/α-hetero) is 1. The van der Waals surface area contributed by atoms with E-state index in [9.17, 15) is 20.2 Å². The molecule has 0 aliphatic carbocycles. The summed E-state index contributed by atoms with van der Waals surface area (Å²) in [5.41, 5.74) is -0.263. The predicted octanol–water partition coefficient (Wildman–Crippen LogP) is 3.41. The van der Waals surface area contributed by atoms with Crippen LogP contribution in [-0.2, 0) is 0 Å². The van der Waals surface area contributed by atoms with Crippen molar-refractivity contribution in [2.24, 2.45) is 0 Å². The molecule has 27 heavy (non-hydrogen) atoms. The molecule has 0 bridgehead atoms. The molecule has 0 unspecified atom stereocenters. The lowest BCUT2D eigenvalue weighted by Crippen LogP contribution is -2.03. The maximum atomic E-state index is 12.6. The molecule has 2 rings (SSSR count). The molecule has 0 saturated heterocycles. The van der Waals surface area contributed by atoms with Crippen LogP contribution in [0.25, 0.3) is 6.08 Å². The fraction of sp³-hybridized carbons (Fsp3) is 0.158. The van der Waals surface area contributed by atoms with Crippen molar-refractivity contribution in [2.45, 2.75) is 0 Å². The molecule has 0 aromatic heterocycles. The van der Waals surface area contributed by atoms with E-state index in [2.05, 4.69) is 0 Å². The van der Waals surface area contributed by atoms with Gasteiger partial charge >= 0.3 is 0 Å². The number of rotatable bonds is 7. The van der Waals surface area contributed by atoms with Gasteiger partial charge in [-0.15, -0.1) is 0 Å². The second kappa shape index (κ2) is 8.49. The number of benzene rings is 2. The van der Waals surface area contributed by atoms with Crippen LogP contribution < -0.4 is 14.2 Å². The van der Waals surface area contributed by atoms with E-state index in [1.165, 1.54) is 45.6 Å². The summed E-state index contributed by atoms with van der Waals surface area (Å²) < 4.78 is 15.2. The van der Waals surface area contributed by atoms with Gasteiger partial charge in [0.05, 0.1) is 37.9 Å². The zero-order valence-electron chi connectivity index (χ0n) is 14.9. The lowest BCUT2D eigenvalue weighted by molar-refractivity contribution is -0.385. The monoisotopic (exact) mass is 368 g/mol. The second-order valence-electron chi connectivity index (χ2n) is 5.25. The quantitative estimate of drug-likeness (QED) is 0.242. The number of nitriles is 1. The number of nitro groups is 1. The molecule has 0 aliphatic rings. The molecule has 8 nitrogen and oxygen atoms in total. The molecule has 0 amide bonds. The molecule has 0 radical (unpaired) electrons. The van der Waals surface area contributed by atoms with Crippen LogP contribution in [0, 0.1) is 21.4 Å². The van der Waals surface area contributed by atoms with Crippen molar-refractivity contribution in [3.63, 3.8) is 0 Å². The van der Waals surface area contributed by atoms with Crippen LogP contribution >= 0.6 is 0 Å².